The Kier molecular flexibility index (Phi) is 6.50. The van der Waals surface area contributed by atoms with Crippen molar-refractivity contribution in [2.75, 3.05) is 36.0 Å². The first-order chi connectivity index (χ1) is 17.6. The Morgan fingerprint density at radius 2 is 1.78 bits per heavy atom. The van der Waals surface area contributed by atoms with Gasteiger partial charge in [0.1, 0.15) is 12.4 Å². The highest BCUT2D eigenvalue weighted by molar-refractivity contribution is 7.92. The van der Waals surface area contributed by atoms with Crippen molar-refractivity contribution in [2.45, 2.75) is 23.4 Å². The predicted molar refractivity (Wildman–Crippen MR) is 126 cm³/mol. The number of nitrogens with zero attached hydrogens (tertiary/aromatic N) is 3. The number of sulfonamides is 1. The first-order valence-electron chi connectivity index (χ1n) is 11.3. The molecule has 3 aromatic rings. The minimum Gasteiger partial charge on any atom is -0.493 e. The van der Waals surface area contributed by atoms with E-state index in [9.17, 15) is 26.4 Å². The van der Waals surface area contributed by atoms with Crippen LogP contribution in [0.5, 0.6) is 5.75 Å². The van der Waals surface area contributed by atoms with Crippen LogP contribution < -0.4 is 14.4 Å². The van der Waals surface area contributed by atoms with Crippen LogP contribution in [-0.2, 0) is 25.7 Å². The monoisotopic (exact) mass is 534 g/mol. The summed E-state index contributed by atoms with van der Waals surface area (Å²) in [6.45, 7) is 0.298. The Hall–Kier alpha value is -3.71. The van der Waals surface area contributed by atoms with Crippen molar-refractivity contribution in [1.82, 2.24) is 9.97 Å². The topological polar surface area (TPSA) is 111 Å². The van der Waals surface area contributed by atoms with Gasteiger partial charge in [0.2, 0.25) is 5.95 Å². The Bertz CT molecular complexity index is 1430. The fourth-order valence-electron chi connectivity index (χ4n) is 4.41. The average Bonchev–Trinajstić information content (AvgIpc) is 2.88. The average molecular weight is 535 g/mol. The molecule has 2 aromatic carbocycles. The zero-order valence-corrected chi connectivity index (χ0v) is 20.1. The number of alkyl halides is 3. The summed E-state index contributed by atoms with van der Waals surface area (Å²) in [5.41, 5.74) is 0.399. The Morgan fingerprint density at radius 1 is 1.03 bits per heavy atom. The number of ether oxygens (including phenoxy) is 2. The van der Waals surface area contributed by atoms with E-state index >= 15 is 0 Å². The van der Waals surface area contributed by atoms with Crippen molar-refractivity contribution < 1.29 is 35.9 Å². The number of nitrogens with one attached hydrogen (secondary N) is 1. The van der Waals surface area contributed by atoms with Crippen LogP contribution in [-0.4, -0.2) is 50.7 Å². The van der Waals surface area contributed by atoms with Crippen molar-refractivity contribution >= 4 is 27.6 Å². The zero-order chi connectivity index (χ0) is 26.2. The molecule has 1 aromatic heterocycles. The molecule has 0 spiro atoms. The van der Waals surface area contributed by atoms with Gasteiger partial charge in [0, 0.05) is 42.2 Å². The van der Waals surface area contributed by atoms with Crippen molar-refractivity contribution in [1.29, 1.82) is 0 Å². The summed E-state index contributed by atoms with van der Waals surface area (Å²) in [4.78, 5) is 21.5. The molecule has 5 rings (SSSR count). The lowest BCUT2D eigenvalue weighted by molar-refractivity contribution is -0.137. The van der Waals surface area contributed by atoms with Gasteiger partial charge in [-0.1, -0.05) is 12.1 Å². The van der Waals surface area contributed by atoms with Gasteiger partial charge < -0.3 is 14.4 Å². The predicted octanol–water partition coefficient (Wildman–Crippen LogP) is 3.57. The molecule has 1 atom stereocenters. The number of amides is 1. The van der Waals surface area contributed by atoms with Crippen molar-refractivity contribution in [3.8, 4) is 5.75 Å². The number of rotatable bonds is 5. The molecule has 0 bridgehead atoms. The molecule has 1 N–H and O–H groups in total. The largest absolute Gasteiger partial charge is 0.493 e. The van der Waals surface area contributed by atoms with Gasteiger partial charge in [-0.2, -0.15) is 13.2 Å². The molecular weight excluding hydrogens is 513 g/mol. The van der Waals surface area contributed by atoms with E-state index in [-0.39, 0.29) is 48.6 Å². The Morgan fingerprint density at radius 3 is 2.51 bits per heavy atom. The van der Waals surface area contributed by atoms with Crippen molar-refractivity contribution in [2.24, 2.45) is 0 Å². The normalized spacial score (nSPS) is 18.2. The molecule has 0 radical (unpaired) electrons. The molecule has 2 aliphatic rings. The van der Waals surface area contributed by atoms with E-state index in [0.717, 1.165) is 12.1 Å². The highest BCUT2D eigenvalue weighted by Gasteiger charge is 2.35. The summed E-state index contributed by atoms with van der Waals surface area (Å²) >= 11 is 0. The summed E-state index contributed by atoms with van der Waals surface area (Å²) in [6, 6.07) is 9.20. The van der Waals surface area contributed by atoms with Gasteiger partial charge in [0.25, 0.3) is 15.9 Å². The number of halogens is 3. The van der Waals surface area contributed by atoms with Gasteiger partial charge in [-0.15, -0.1) is 0 Å². The second kappa shape index (κ2) is 9.63. The van der Waals surface area contributed by atoms with E-state index in [1.54, 1.807) is 12.1 Å². The third kappa shape index (κ3) is 5.09. The van der Waals surface area contributed by atoms with Crippen LogP contribution in [0.15, 0.2) is 59.8 Å². The van der Waals surface area contributed by atoms with Crippen LogP contribution >= 0.6 is 0 Å². The number of carbonyl (C=O) groups is 1. The summed E-state index contributed by atoms with van der Waals surface area (Å²) in [5, 5.41) is 0. The maximum absolute atomic E-state index is 13.5. The molecule has 1 amide bonds. The van der Waals surface area contributed by atoms with E-state index < -0.39 is 33.6 Å². The highest BCUT2D eigenvalue weighted by Crippen LogP contribution is 2.44. The van der Waals surface area contributed by atoms with Crippen LogP contribution in [0, 0.1) is 0 Å². The van der Waals surface area contributed by atoms with Gasteiger partial charge in [-0.05, 0) is 36.2 Å². The smallest absolute Gasteiger partial charge is 0.416 e. The molecule has 2 aliphatic heterocycles. The van der Waals surface area contributed by atoms with E-state index in [1.165, 1.54) is 35.5 Å². The number of carbonyl (C=O) groups excluding carboxylic acids is 1. The van der Waals surface area contributed by atoms with E-state index in [2.05, 4.69) is 14.7 Å². The lowest BCUT2D eigenvalue weighted by Crippen LogP contribution is -2.42. The molecule has 3 heterocycles. The number of anilines is 2. The van der Waals surface area contributed by atoms with Gasteiger partial charge in [0.15, 0.2) is 0 Å². The molecule has 1 saturated heterocycles. The summed E-state index contributed by atoms with van der Waals surface area (Å²) in [6.07, 6.45) is -1.38. The maximum atomic E-state index is 13.5. The molecule has 37 heavy (non-hydrogen) atoms. The van der Waals surface area contributed by atoms with Crippen LogP contribution in [0.4, 0.5) is 24.8 Å². The van der Waals surface area contributed by atoms with Gasteiger partial charge in [-0.3, -0.25) is 4.79 Å². The molecule has 9 nitrogen and oxygen atoms in total. The molecule has 13 heteroatoms. The first-order valence-corrected chi connectivity index (χ1v) is 12.8. The molecule has 1 fully saturated rings. The number of hydrogen-bond acceptors (Lipinski definition) is 7. The van der Waals surface area contributed by atoms with Crippen molar-refractivity contribution in [3.63, 3.8) is 0 Å². The molecular formula is C24H21F3N4O5S. The fourth-order valence-corrected chi connectivity index (χ4v) is 5.39. The standard InChI is InChI=1S/C24H21F3N4O5S/c25-24(26,27)15-2-4-18(20(12-15)31-9-11-35-14-22(31)32)17-6-10-36-21-13-16(3-5-19(17)21)37(33,34)30-23-28-7-1-8-29-23/h1-5,7-8,12-13,17H,6,9-11,14H2,(H,28,29,30). The molecule has 0 saturated carbocycles. The number of benzene rings is 2. The summed E-state index contributed by atoms with van der Waals surface area (Å²) in [5.74, 6) is -0.676. The quantitative estimate of drug-likeness (QED) is 0.533. The lowest BCUT2D eigenvalue weighted by Gasteiger charge is -2.33. The van der Waals surface area contributed by atoms with Crippen LogP contribution in [0.3, 0.4) is 0 Å². The second-order valence-electron chi connectivity index (χ2n) is 8.44. The molecule has 1 unspecified atom stereocenters. The van der Waals surface area contributed by atoms with E-state index in [1.807, 2.05) is 0 Å². The highest BCUT2D eigenvalue weighted by atomic mass is 32.2. The third-order valence-electron chi connectivity index (χ3n) is 6.14. The van der Waals surface area contributed by atoms with Crippen LogP contribution in [0.25, 0.3) is 0 Å². The van der Waals surface area contributed by atoms with E-state index in [0.29, 0.717) is 17.5 Å². The number of aromatic nitrogens is 2. The van der Waals surface area contributed by atoms with Gasteiger partial charge >= 0.3 is 6.18 Å². The number of fused-ring (bicyclic) bond motifs is 1. The fraction of sp³-hybridized carbons (Fsp3) is 0.292. The number of hydrogen-bond donors (Lipinski definition) is 1. The lowest BCUT2D eigenvalue weighted by atomic mass is 9.85. The second-order valence-corrected chi connectivity index (χ2v) is 10.1. The van der Waals surface area contributed by atoms with E-state index in [4.69, 9.17) is 9.47 Å². The van der Waals surface area contributed by atoms with Crippen molar-refractivity contribution in [3.05, 3.63) is 71.5 Å². The molecule has 194 valence electrons. The summed E-state index contributed by atoms with van der Waals surface area (Å²) < 4.78 is 79.5. The van der Waals surface area contributed by atoms with Crippen LogP contribution in [0.2, 0.25) is 0 Å². The zero-order valence-electron chi connectivity index (χ0n) is 19.2. The SMILES string of the molecule is O=C1COCCN1c1cc(C(F)(F)F)ccc1C1CCOc2cc(S(=O)(=O)Nc3ncccn3)ccc21. The first kappa shape index (κ1) is 25.0. The van der Waals surface area contributed by atoms with Gasteiger partial charge in [-0.25, -0.2) is 23.1 Å². The Labute approximate surface area is 210 Å². The minimum atomic E-state index is -4.59. The third-order valence-corrected chi connectivity index (χ3v) is 7.46. The number of morpholine rings is 1. The Balaban J connectivity index is 1.54. The maximum Gasteiger partial charge on any atom is 0.416 e. The summed E-state index contributed by atoms with van der Waals surface area (Å²) in [7, 11) is -4.03. The molecule has 0 aliphatic carbocycles. The van der Waals surface area contributed by atoms with Crippen LogP contribution in [0.1, 0.15) is 29.0 Å². The van der Waals surface area contributed by atoms with Gasteiger partial charge in [0.05, 0.1) is 23.7 Å². The minimum absolute atomic E-state index is 0.0876.